The van der Waals surface area contributed by atoms with Gasteiger partial charge in [0, 0.05) is 0 Å². The largest absolute Gasteiger partial charge is 0.508 e. The average Bonchev–Trinajstić information content (AvgIpc) is 2.38. The second kappa shape index (κ2) is 5.31. The fourth-order valence-electron chi connectivity index (χ4n) is 1.45. The Labute approximate surface area is 103 Å². The predicted octanol–water partition coefficient (Wildman–Crippen LogP) is 2.89. The molecular formula is C14H11FO3. The SMILES string of the molecule is O=C(OCc1ccc(F)cc1)c1cccc(O)c1. The Morgan fingerprint density at radius 3 is 2.56 bits per heavy atom. The second-order valence-electron chi connectivity index (χ2n) is 3.75. The Morgan fingerprint density at radius 1 is 1.17 bits per heavy atom. The van der Waals surface area contributed by atoms with E-state index < -0.39 is 5.97 Å². The maximum Gasteiger partial charge on any atom is 0.338 e. The molecule has 0 bridgehead atoms. The molecule has 0 saturated carbocycles. The zero-order valence-corrected chi connectivity index (χ0v) is 9.47. The van der Waals surface area contributed by atoms with Crippen LogP contribution in [0.15, 0.2) is 48.5 Å². The minimum Gasteiger partial charge on any atom is -0.508 e. The number of aromatic hydroxyl groups is 1. The lowest BCUT2D eigenvalue weighted by molar-refractivity contribution is 0.0472. The van der Waals surface area contributed by atoms with Crippen molar-refractivity contribution in [1.29, 1.82) is 0 Å². The monoisotopic (exact) mass is 246 g/mol. The minimum atomic E-state index is -0.532. The molecule has 0 fully saturated rings. The first-order valence-corrected chi connectivity index (χ1v) is 5.36. The van der Waals surface area contributed by atoms with Gasteiger partial charge in [-0.3, -0.25) is 0 Å². The van der Waals surface area contributed by atoms with Gasteiger partial charge >= 0.3 is 5.97 Å². The van der Waals surface area contributed by atoms with Crippen LogP contribution < -0.4 is 0 Å². The third kappa shape index (κ3) is 3.07. The molecule has 0 aliphatic carbocycles. The molecule has 0 atom stereocenters. The fourth-order valence-corrected chi connectivity index (χ4v) is 1.45. The molecule has 92 valence electrons. The van der Waals surface area contributed by atoms with Crippen molar-refractivity contribution in [3.05, 3.63) is 65.5 Å². The summed E-state index contributed by atoms with van der Waals surface area (Å²) in [5.74, 6) is -0.862. The van der Waals surface area contributed by atoms with Gasteiger partial charge in [0.2, 0.25) is 0 Å². The molecule has 2 aromatic rings. The quantitative estimate of drug-likeness (QED) is 0.847. The summed E-state index contributed by atoms with van der Waals surface area (Å²) < 4.78 is 17.7. The van der Waals surface area contributed by atoms with E-state index in [0.29, 0.717) is 5.56 Å². The van der Waals surface area contributed by atoms with E-state index in [1.807, 2.05) is 0 Å². The number of rotatable bonds is 3. The van der Waals surface area contributed by atoms with E-state index in [9.17, 15) is 14.3 Å². The Bertz CT molecular complexity index is 549. The summed E-state index contributed by atoms with van der Waals surface area (Å²) in [6.45, 7) is 0.0643. The number of esters is 1. The Kier molecular flexibility index (Phi) is 3.57. The Morgan fingerprint density at radius 2 is 1.89 bits per heavy atom. The van der Waals surface area contributed by atoms with Crippen LogP contribution in [0, 0.1) is 5.82 Å². The summed E-state index contributed by atoms with van der Waals surface area (Å²) in [6, 6.07) is 11.6. The van der Waals surface area contributed by atoms with Crippen LogP contribution in [0.3, 0.4) is 0 Å². The first-order valence-electron chi connectivity index (χ1n) is 5.36. The highest BCUT2D eigenvalue weighted by Gasteiger charge is 2.07. The molecule has 1 N–H and O–H groups in total. The number of ether oxygens (including phenoxy) is 1. The predicted molar refractivity (Wildman–Crippen MR) is 63.6 cm³/mol. The fraction of sp³-hybridized carbons (Fsp3) is 0.0714. The highest BCUT2D eigenvalue weighted by molar-refractivity contribution is 5.89. The van der Waals surface area contributed by atoms with Gasteiger partial charge in [-0.15, -0.1) is 0 Å². The number of phenols is 1. The summed E-state index contributed by atoms with van der Waals surface area (Å²) in [7, 11) is 0. The summed E-state index contributed by atoms with van der Waals surface area (Å²) in [5, 5.41) is 9.23. The van der Waals surface area contributed by atoms with E-state index >= 15 is 0 Å². The number of phenolic OH excluding ortho intramolecular Hbond substituents is 1. The number of carbonyl (C=O) groups is 1. The molecule has 0 aliphatic heterocycles. The van der Waals surface area contributed by atoms with Crippen LogP contribution in [-0.2, 0) is 11.3 Å². The van der Waals surface area contributed by atoms with Gasteiger partial charge in [0.1, 0.15) is 18.2 Å². The zero-order chi connectivity index (χ0) is 13.0. The molecule has 0 radical (unpaired) electrons. The lowest BCUT2D eigenvalue weighted by Gasteiger charge is -2.05. The summed E-state index contributed by atoms with van der Waals surface area (Å²) in [6.07, 6.45) is 0. The second-order valence-corrected chi connectivity index (χ2v) is 3.75. The highest BCUT2D eigenvalue weighted by atomic mass is 19.1. The van der Waals surface area contributed by atoms with E-state index in [1.165, 1.54) is 24.3 Å². The van der Waals surface area contributed by atoms with E-state index in [0.717, 1.165) is 0 Å². The molecule has 3 nitrogen and oxygen atoms in total. The molecule has 0 aromatic heterocycles. The maximum atomic E-state index is 12.7. The lowest BCUT2D eigenvalue weighted by Crippen LogP contribution is -2.04. The van der Waals surface area contributed by atoms with Crippen LogP contribution in [0.25, 0.3) is 0 Å². The molecule has 0 saturated heterocycles. The smallest absolute Gasteiger partial charge is 0.338 e. The van der Waals surface area contributed by atoms with Gasteiger partial charge in [0.15, 0.2) is 0 Å². The molecule has 0 heterocycles. The normalized spacial score (nSPS) is 10.1. The number of benzene rings is 2. The van der Waals surface area contributed by atoms with Crippen molar-refractivity contribution in [1.82, 2.24) is 0 Å². The highest BCUT2D eigenvalue weighted by Crippen LogP contribution is 2.13. The average molecular weight is 246 g/mol. The third-order valence-corrected chi connectivity index (χ3v) is 2.37. The van der Waals surface area contributed by atoms with Crippen LogP contribution in [0.2, 0.25) is 0 Å². The van der Waals surface area contributed by atoms with Gasteiger partial charge in [-0.2, -0.15) is 0 Å². The van der Waals surface area contributed by atoms with Crippen LogP contribution in [-0.4, -0.2) is 11.1 Å². The third-order valence-electron chi connectivity index (χ3n) is 2.37. The molecule has 2 aromatic carbocycles. The van der Waals surface area contributed by atoms with Crippen LogP contribution in [0.5, 0.6) is 5.75 Å². The van der Waals surface area contributed by atoms with Gasteiger partial charge in [-0.05, 0) is 35.9 Å². The maximum absolute atomic E-state index is 12.7. The van der Waals surface area contributed by atoms with Gasteiger partial charge in [-0.1, -0.05) is 18.2 Å². The number of halogens is 1. The summed E-state index contributed by atoms with van der Waals surface area (Å²) in [4.78, 5) is 11.6. The van der Waals surface area contributed by atoms with Crippen molar-refractivity contribution in [2.75, 3.05) is 0 Å². The van der Waals surface area contributed by atoms with E-state index in [-0.39, 0.29) is 23.7 Å². The lowest BCUT2D eigenvalue weighted by atomic mass is 10.2. The van der Waals surface area contributed by atoms with Crippen LogP contribution >= 0.6 is 0 Å². The van der Waals surface area contributed by atoms with Gasteiger partial charge in [0.25, 0.3) is 0 Å². The number of hydrogen-bond donors (Lipinski definition) is 1. The van der Waals surface area contributed by atoms with Crippen molar-refractivity contribution in [3.63, 3.8) is 0 Å². The minimum absolute atomic E-state index is 0.00577. The molecule has 0 spiro atoms. The van der Waals surface area contributed by atoms with E-state index in [1.54, 1.807) is 24.3 Å². The van der Waals surface area contributed by atoms with E-state index in [4.69, 9.17) is 4.74 Å². The summed E-state index contributed by atoms with van der Waals surface area (Å²) in [5.41, 5.74) is 0.974. The molecule has 18 heavy (non-hydrogen) atoms. The van der Waals surface area contributed by atoms with Crippen LogP contribution in [0.4, 0.5) is 4.39 Å². The Hall–Kier alpha value is -2.36. The van der Waals surface area contributed by atoms with Gasteiger partial charge in [0.05, 0.1) is 5.56 Å². The molecule has 2 rings (SSSR count). The first kappa shape index (κ1) is 12.1. The standard InChI is InChI=1S/C14H11FO3/c15-12-6-4-10(5-7-12)9-18-14(17)11-2-1-3-13(16)8-11/h1-8,16H,9H2. The number of carbonyl (C=O) groups excluding carboxylic acids is 1. The molecule has 0 aliphatic rings. The summed E-state index contributed by atoms with van der Waals surface area (Å²) >= 11 is 0. The first-order chi connectivity index (χ1) is 8.65. The molecule has 0 unspecified atom stereocenters. The van der Waals surface area contributed by atoms with Crippen molar-refractivity contribution >= 4 is 5.97 Å². The van der Waals surface area contributed by atoms with Crippen molar-refractivity contribution in [2.24, 2.45) is 0 Å². The molecule has 0 amide bonds. The van der Waals surface area contributed by atoms with Gasteiger partial charge in [-0.25, -0.2) is 9.18 Å². The van der Waals surface area contributed by atoms with Gasteiger partial charge < -0.3 is 9.84 Å². The van der Waals surface area contributed by atoms with Crippen molar-refractivity contribution in [2.45, 2.75) is 6.61 Å². The van der Waals surface area contributed by atoms with E-state index in [2.05, 4.69) is 0 Å². The molecular weight excluding hydrogens is 235 g/mol. The van der Waals surface area contributed by atoms with Crippen LogP contribution in [0.1, 0.15) is 15.9 Å². The zero-order valence-electron chi connectivity index (χ0n) is 9.47. The number of hydrogen-bond acceptors (Lipinski definition) is 3. The van der Waals surface area contributed by atoms with Crippen molar-refractivity contribution < 1.29 is 19.0 Å². The van der Waals surface area contributed by atoms with Crippen molar-refractivity contribution in [3.8, 4) is 5.75 Å². The topological polar surface area (TPSA) is 46.5 Å². The Balaban J connectivity index is 1.98. The molecule has 4 heteroatoms.